The highest BCUT2D eigenvalue weighted by Gasteiger charge is 2.43. The second-order valence-electron chi connectivity index (χ2n) is 7.60. The summed E-state index contributed by atoms with van der Waals surface area (Å²) in [5.74, 6) is 0.770. The van der Waals surface area contributed by atoms with Gasteiger partial charge < -0.3 is 15.0 Å². The first-order chi connectivity index (χ1) is 11.7. The van der Waals surface area contributed by atoms with Gasteiger partial charge >= 0.3 is 6.09 Å². The largest absolute Gasteiger partial charge is 0.441 e. The molecule has 0 bridgehead atoms. The van der Waals surface area contributed by atoms with Crippen molar-refractivity contribution in [1.82, 2.24) is 15.1 Å². The van der Waals surface area contributed by atoms with Crippen molar-refractivity contribution in [2.24, 2.45) is 5.92 Å². The maximum absolute atomic E-state index is 11.3. The van der Waals surface area contributed by atoms with E-state index in [1.54, 1.807) is 0 Å². The minimum Gasteiger partial charge on any atom is -0.441 e. The fraction of sp³-hybridized carbons (Fsp3) is 0.632. The maximum Gasteiger partial charge on any atom is 0.407 e. The predicted octanol–water partition coefficient (Wildman–Crippen LogP) is 2.08. The summed E-state index contributed by atoms with van der Waals surface area (Å²) in [5.41, 5.74) is 1.19. The van der Waals surface area contributed by atoms with Crippen molar-refractivity contribution in [1.29, 1.82) is 0 Å². The number of hydrogen-bond donors (Lipinski definition) is 1. The molecule has 1 spiro atoms. The highest BCUT2D eigenvalue weighted by Crippen LogP contribution is 2.30. The number of carbonyl (C=O) groups is 1. The number of likely N-dealkylation sites (tertiary alicyclic amines) is 2. The van der Waals surface area contributed by atoms with Crippen LogP contribution in [0.1, 0.15) is 24.8 Å². The quantitative estimate of drug-likeness (QED) is 0.919. The van der Waals surface area contributed by atoms with Crippen LogP contribution in [0.3, 0.4) is 0 Å². The summed E-state index contributed by atoms with van der Waals surface area (Å²) >= 11 is 0. The van der Waals surface area contributed by atoms with E-state index in [4.69, 9.17) is 4.74 Å². The van der Waals surface area contributed by atoms with Gasteiger partial charge in [0, 0.05) is 45.6 Å². The first-order valence-corrected chi connectivity index (χ1v) is 9.16. The fourth-order valence-corrected chi connectivity index (χ4v) is 4.34. The van der Waals surface area contributed by atoms with Crippen LogP contribution >= 0.6 is 0 Å². The molecule has 0 saturated carbocycles. The lowest BCUT2D eigenvalue weighted by Gasteiger charge is -2.38. The molecule has 0 aromatic heterocycles. The zero-order valence-electron chi connectivity index (χ0n) is 14.2. The van der Waals surface area contributed by atoms with Crippen molar-refractivity contribution < 1.29 is 9.53 Å². The molecular formula is C19H27N3O2. The van der Waals surface area contributed by atoms with Crippen LogP contribution in [-0.2, 0) is 11.3 Å². The van der Waals surface area contributed by atoms with E-state index < -0.39 is 0 Å². The number of piperidine rings is 1. The molecule has 1 aromatic rings. The number of hydrogen-bond acceptors (Lipinski definition) is 4. The van der Waals surface area contributed by atoms with Gasteiger partial charge in [0.2, 0.25) is 0 Å². The lowest BCUT2D eigenvalue weighted by atomic mass is 9.91. The normalized spacial score (nSPS) is 27.3. The Hall–Kier alpha value is -1.59. The number of benzene rings is 1. The summed E-state index contributed by atoms with van der Waals surface area (Å²) in [7, 11) is 0. The van der Waals surface area contributed by atoms with E-state index >= 15 is 0 Å². The van der Waals surface area contributed by atoms with Gasteiger partial charge in [-0.05, 0) is 24.4 Å². The molecule has 1 N–H and O–H groups in total. The second-order valence-corrected chi connectivity index (χ2v) is 7.60. The Labute approximate surface area is 144 Å². The third kappa shape index (κ3) is 3.57. The number of nitrogens with zero attached hydrogens (tertiary/aromatic N) is 2. The molecule has 3 fully saturated rings. The van der Waals surface area contributed by atoms with Gasteiger partial charge in [0.1, 0.15) is 5.60 Å². The first-order valence-electron chi connectivity index (χ1n) is 9.16. The van der Waals surface area contributed by atoms with Crippen LogP contribution in [0.4, 0.5) is 4.79 Å². The Bertz CT molecular complexity index is 569. The van der Waals surface area contributed by atoms with Crippen molar-refractivity contribution in [3.63, 3.8) is 0 Å². The number of nitrogens with one attached hydrogen (secondary N) is 1. The predicted molar refractivity (Wildman–Crippen MR) is 92.7 cm³/mol. The van der Waals surface area contributed by atoms with E-state index in [1.165, 1.54) is 31.6 Å². The van der Waals surface area contributed by atoms with Crippen LogP contribution < -0.4 is 5.32 Å². The monoisotopic (exact) mass is 329 g/mol. The van der Waals surface area contributed by atoms with Gasteiger partial charge in [-0.1, -0.05) is 30.3 Å². The Morgan fingerprint density at radius 3 is 2.62 bits per heavy atom. The Kier molecular flexibility index (Phi) is 4.46. The molecule has 1 aromatic carbocycles. The molecule has 1 atom stereocenters. The van der Waals surface area contributed by atoms with E-state index in [0.717, 1.165) is 38.4 Å². The molecule has 4 rings (SSSR count). The topological polar surface area (TPSA) is 44.8 Å². The average molecular weight is 329 g/mol. The first kappa shape index (κ1) is 15.9. The Balaban J connectivity index is 1.22. The van der Waals surface area contributed by atoms with E-state index in [9.17, 15) is 4.79 Å². The van der Waals surface area contributed by atoms with E-state index in [1.807, 2.05) is 0 Å². The van der Waals surface area contributed by atoms with Crippen molar-refractivity contribution in [3.8, 4) is 0 Å². The van der Waals surface area contributed by atoms with Crippen molar-refractivity contribution in [3.05, 3.63) is 35.9 Å². The summed E-state index contributed by atoms with van der Waals surface area (Å²) in [6.07, 6.45) is 2.99. The van der Waals surface area contributed by atoms with Crippen molar-refractivity contribution in [2.45, 2.75) is 31.4 Å². The molecule has 5 heteroatoms. The molecule has 24 heavy (non-hydrogen) atoms. The molecule has 1 unspecified atom stereocenters. The van der Waals surface area contributed by atoms with Gasteiger partial charge in [0.05, 0.1) is 6.54 Å². The van der Waals surface area contributed by atoms with Gasteiger partial charge in [0.25, 0.3) is 0 Å². The number of carbonyl (C=O) groups excluding carboxylic acids is 1. The van der Waals surface area contributed by atoms with Crippen LogP contribution in [0.25, 0.3) is 0 Å². The van der Waals surface area contributed by atoms with Crippen molar-refractivity contribution >= 4 is 6.09 Å². The van der Waals surface area contributed by atoms with Gasteiger partial charge in [-0.15, -0.1) is 0 Å². The highest BCUT2D eigenvalue weighted by molar-refractivity contribution is 5.70. The summed E-state index contributed by atoms with van der Waals surface area (Å²) in [4.78, 5) is 16.5. The van der Waals surface area contributed by atoms with Crippen LogP contribution in [0.5, 0.6) is 0 Å². The molecule has 3 heterocycles. The van der Waals surface area contributed by atoms with Gasteiger partial charge in [-0.2, -0.15) is 0 Å². The fourth-order valence-electron chi connectivity index (χ4n) is 4.34. The highest BCUT2D eigenvalue weighted by atomic mass is 16.6. The van der Waals surface area contributed by atoms with Gasteiger partial charge in [-0.25, -0.2) is 4.79 Å². The Morgan fingerprint density at radius 1 is 1.12 bits per heavy atom. The number of ether oxygens (including phenoxy) is 1. The lowest BCUT2D eigenvalue weighted by Crippen LogP contribution is -2.47. The minimum absolute atomic E-state index is 0.220. The van der Waals surface area contributed by atoms with Gasteiger partial charge in [0.15, 0.2) is 0 Å². The van der Waals surface area contributed by atoms with Crippen LogP contribution in [0.2, 0.25) is 0 Å². The van der Waals surface area contributed by atoms with Gasteiger partial charge in [-0.3, -0.25) is 4.90 Å². The summed E-state index contributed by atoms with van der Waals surface area (Å²) in [5, 5.41) is 2.81. The van der Waals surface area contributed by atoms with Crippen LogP contribution in [-0.4, -0.2) is 60.8 Å². The molecule has 5 nitrogen and oxygen atoms in total. The van der Waals surface area contributed by atoms with E-state index in [-0.39, 0.29) is 11.7 Å². The standard InChI is InChI=1S/C19H27N3O2/c23-18-20-15-19(24-18)7-10-21(11-8-19)13-17-6-9-22(14-17)12-16-4-2-1-3-5-16/h1-5,17H,6-15H2,(H,20,23). The lowest BCUT2D eigenvalue weighted by molar-refractivity contribution is -0.00216. The minimum atomic E-state index is -0.240. The summed E-state index contributed by atoms with van der Waals surface area (Å²) in [6, 6.07) is 10.8. The smallest absolute Gasteiger partial charge is 0.407 e. The Morgan fingerprint density at radius 2 is 1.92 bits per heavy atom. The summed E-state index contributed by atoms with van der Waals surface area (Å²) in [6.45, 7) is 7.44. The molecule has 0 aliphatic carbocycles. The molecule has 3 aliphatic rings. The molecule has 1 amide bonds. The van der Waals surface area contributed by atoms with E-state index in [2.05, 4.69) is 45.4 Å². The average Bonchev–Trinajstić information content (AvgIpc) is 3.18. The second kappa shape index (κ2) is 6.73. The zero-order chi connectivity index (χ0) is 16.4. The van der Waals surface area contributed by atoms with Crippen LogP contribution in [0, 0.1) is 5.92 Å². The third-order valence-corrected chi connectivity index (χ3v) is 5.77. The van der Waals surface area contributed by atoms with Crippen LogP contribution in [0.15, 0.2) is 30.3 Å². The van der Waals surface area contributed by atoms with E-state index in [0.29, 0.717) is 6.54 Å². The number of amides is 1. The number of alkyl carbamates (subject to hydrolysis) is 1. The SMILES string of the molecule is O=C1NCC2(CCN(CC3CCN(Cc4ccccc4)C3)CC2)O1. The molecule has 0 radical (unpaired) electrons. The molecular weight excluding hydrogens is 302 g/mol. The zero-order valence-corrected chi connectivity index (χ0v) is 14.2. The van der Waals surface area contributed by atoms with Crippen molar-refractivity contribution in [2.75, 3.05) is 39.3 Å². The summed E-state index contributed by atoms with van der Waals surface area (Å²) < 4.78 is 5.51. The maximum atomic E-state index is 11.3. The molecule has 3 aliphatic heterocycles. The molecule has 130 valence electrons. The molecule has 3 saturated heterocycles. The number of rotatable bonds is 4. The third-order valence-electron chi connectivity index (χ3n) is 5.77.